The van der Waals surface area contributed by atoms with Gasteiger partial charge < -0.3 is 19.5 Å². The average molecular weight is 508 g/mol. The van der Waals surface area contributed by atoms with Crippen LogP contribution in [0, 0.1) is 5.82 Å². The Morgan fingerprint density at radius 1 is 0.730 bits per heavy atom. The van der Waals surface area contributed by atoms with Crippen molar-refractivity contribution in [1.29, 1.82) is 0 Å². The van der Waals surface area contributed by atoms with Crippen LogP contribution in [0.5, 0.6) is 5.75 Å². The first kappa shape index (κ1) is 27.4. The Morgan fingerprint density at radius 2 is 1.30 bits per heavy atom. The molecule has 194 valence electrons. The summed E-state index contributed by atoms with van der Waals surface area (Å²) < 4.78 is 29.2. The van der Waals surface area contributed by atoms with Gasteiger partial charge in [-0.2, -0.15) is 0 Å². The average Bonchev–Trinajstić information content (AvgIpc) is 2.77. The second-order valence-electron chi connectivity index (χ2n) is 10.3. The Morgan fingerprint density at radius 3 is 1.86 bits per heavy atom. The number of amides is 1. The molecule has 0 aliphatic rings. The van der Waals surface area contributed by atoms with Gasteiger partial charge in [-0.3, -0.25) is 4.79 Å². The van der Waals surface area contributed by atoms with Crippen LogP contribution in [0.3, 0.4) is 0 Å². The number of ether oxygens (including phenoxy) is 3. The van der Waals surface area contributed by atoms with E-state index in [9.17, 15) is 18.8 Å². The summed E-state index contributed by atoms with van der Waals surface area (Å²) in [5, 5.41) is 2.73. The third-order valence-corrected chi connectivity index (χ3v) is 4.77. The highest BCUT2D eigenvalue weighted by Crippen LogP contribution is 2.29. The van der Waals surface area contributed by atoms with Crippen molar-refractivity contribution in [3.05, 3.63) is 83.7 Å². The SMILES string of the molecule is CC(C)(C)OC(=O)Oc1ccc(-c2ccc(C(=O)OC(C)(C)C)c(NC(=O)c3ccc(F)cc3)c2)cc1. The summed E-state index contributed by atoms with van der Waals surface area (Å²) >= 11 is 0. The summed E-state index contributed by atoms with van der Waals surface area (Å²) in [4.78, 5) is 37.6. The minimum absolute atomic E-state index is 0.166. The molecule has 3 rings (SSSR count). The Balaban J connectivity index is 1.89. The van der Waals surface area contributed by atoms with Crippen LogP contribution >= 0.6 is 0 Å². The van der Waals surface area contributed by atoms with Gasteiger partial charge in [0.05, 0.1) is 11.3 Å². The van der Waals surface area contributed by atoms with Crippen LogP contribution in [-0.4, -0.2) is 29.2 Å². The predicted octanol–water partition coefficient (Wildman–Crippen LogP) is 7.01. The molecule has 0 heterocycles. The van der Waals surface area contributed by atoms with Crippen LogP contribution in [0.25, 0.3) is 11.1 Å². The van der Waals surface area contributed by atoms with E-state index >= 15 is 0 Å². The molecule has 1 amide bonds. The summed E-state index contributed by atoms with van der Waals surface area (Å²) in [6.07, 6.45) is -0.812. The van der Waals surface area contributed by atoms with E-state index in [1.54, 1.807) is 84.0 Å². The van der Waals surface area contributed by atoms with Gasteiger partial charge in [0, 0.05) is 5.56 Å². The van der Waals surface area contributed by atoms with Crippen molar-refractivity contribution in [2.75, 3.05) is 5.32 Å². The van der Waals surface area contributed by atoms with Gasteiger partial charge in [-0.25, -0.2) is 14.0 Å². The number of esters is 1. The quantitative estimate of drug-likeness (QED) is 0.295. The highest BCUT2D eigenvalue weighted by Gasteiger charge is 2.22. The van der Waals surface area contributed by atoms with Crippen LogP contribution in [0.1, 0.15) is 62.3 Å². The molecule has 0 aromatic heterocycles. The van der Waals surface area contributed by atoms with Crippen molar-refractivity contribution in [3.63, 3.8) is 0 Å². The lowest BCUT2D eigenvalue weighted by Crippen LogP contribution is -2.25. The Hall–Kier alpha value is -4.20. The molecule has 1 N–H and O–H groups in total. The van der Waals surface area contributed by atoms with E-state index in [2.05, 4.69) is 5.32 Å². The molecule has 0 bridgehead atoms. The van der Waals surface area contributed by atoms with Crippen LogP contribution in [0.2, 0.25) is 0 Å². The first-order valence-electron chi connectivity index (χ1n) is 11.7. The molecule has 0 aliphatic heterocycles. The lowest BCUT2D eigenvalue weighted by atomic mass is 10.0. The Bertz CT molecular complexity index is 1290. The van der Waals surface area contributed by atoms with Crippen LogP contribution in [0.4, 0.5) is 14.9 Å². The van der Waals surface area contributed by atoms with Gasteiger partial charge in [-0.05, 0) is 101 Å². The highest BCUT2D eigenvalue weighted by molar-refractivity contribution is 6.08. The van der Waals surface area contributed by atoms with Gasteiger partial charge in [-0.15, -0.1) is 0 Å². The number of anilines is 1. The van der Waals surface area contributed by atoms with Crippen LogP contribution in [-0.2, 0) is 9.47 Å². The second-order valence-corrected chi connectivity index (χ2v) is 10.3. The van der Waals surface area contributed by atoms with Gasteiger partial charge in [-0.1, -0.05) is 18.2 Å². The fourth-order valence-corrected chi connectivity index (χ4v) is 3.22. The molecule has 0 saturated carbocycles. The number of hydrogen-bond donors (Lipinski definition) is 1. The van der Waals surface area contributed by atoms with E-state index in [0.29, 0.717) is 11.3 Å². The van der Waals surface area contributed by atoms with E-state index < -0.39 is 35.1 Å². The molecule has 3 aromatic rings. The minimum Gasteiger partial charge on any atom is -0.456 e. The van der Waals surface area contributed by atoms with Crippen molar-refractivity contribution < 1.29 is 33.0 Å². The maximum absolute atomic E-state index is 13.3. The fraction of sp³-hybridized carbons (Fsp3) is 0.276. The molecule has 0 spiro atoms. The van der Waals surface area contributed by atoms with E-state index in [1.807, 2.05) is 0 Å². The van der Waals surface area contributed by atoms with Crippen LogP contribution in [0.15, 0.2) is 66.7 Å². The standard InChI is InChI=1S/C29H30FNO6/c1-28(2,3)36-26(33)23-16-11-20(17-24(23)31-25(32)19-7-12-21(30)13-8-19)18-9-14-22(15-10-18)35-27(34)37-29(4,5)6/h7-17H,1-6H3,(H,31,32). The van der Waals surface area contributed by atoms with Crippen molar-refractivity contribution in [3.8, 4) is 16.9 Å². The molecule has 0 atom stereocenters. The molecule has 0 unspecified atom stereocenters. The summed E-state index contributed by atoms with van der Waals surface area (Å²) in [5.41, 5.74) is 0.634. The lowest BCUT2D eigenvalue weighted by Gasteiger charge is -2.21. The molecule has 7 nitrogen and oxygen atoms in total. The zero-order valence-electron chi connectivity index (χ0n) is 21.7. The lowest BCUT2D eigenvalue weighted by molar-refractivity contribution is 0.00695. The van der Waals surface area contributed by atoms with Gasteiger partial charge in [0.2, 0.25) is 0 Å². The van der Waals surface area contributed by atoms with E-state index in [0.717, 1.165) is 5.56 Å². The first-order valence-corrected chi connectivity index (χ1v) is 11.7. The molecular formula is C29H30FNO6. The normalized spacial score (nSPS) is 11.4. The van der Waals surface area contributed by atoms with Gasteiger partial charge in [0.15, 0.2) is 0 Å². The minimum atomic E-state index is -0.812. The molecule has 0 saturated heterocycles. The predicted molar refractivity (Wildman–Crippen MR) is 138 cm³/mol. The fourth-order valence-electron chi connectivity index (χ4n) is 3.22. The molecule has 3 aromatic carbocycles. The zero-order chi connectivity index (χ0) is 27.4. The van der Waals surface area contributed by atoms with E-state index in [4.69, 9.17) is 14.2 Å². The second kappa shape index (κ2) is 10.8. The number of nitrogens with one attached hydrogen (secondary N) is 1. The third-order valence-electron chi connectivity index (χ3n) is 4.77. The number of rotatable bonds is 5. The van der Waals surface area contributed by atoms with E-state index in [-0.39, 0.29) is 16.8 Å². The van der Waals surface area contributed by atoms with Gasteiger partial charge in [0.1, 0.15) is 22.8 Å². The van der Waals surface area contributed by atoms with Crippen LogP contribution < -0.4 is 10.1 Å². The maximum Gasteiger partial charge on any atom is 0.514 e. The smallest absolute Gasteiger partial charge is 0.456 e. The molecular weight excluding hydrogens is 477 g/mol. The monoisotopic (exact) mass is 507 g/mol. The number of halogens is 1. The highest BCUT2D eigenvalue weighted by atomic mass is 19.1. The molecule has 0 fully saturated rings. The van der Waals surface area contributed by atoms with Crippen molar-refractivity contribution in [1.82, 2.24) is 0 Å². The number of carbonyl (C=O) groups is 3. The summed E-state index contributed by atoms with van der Waals surface area (Å²) in [7, 11) is 0. The number of benzene rings is 3. The van der Waals surface area contributed by atoms with E-state index in [1.165, 1.54) is 24.3 Å². The number of hydrogen-bond acceptors (Lipinski definition) is 6. The Labute approximate surface area is 215 Å². The summed E-state index contributed by atoms with van der Waals surface area (Å²) in [5.74, 6) is -1.28. The maximum atomic E-state index is 13.3. The summed E-state index contributed by atoms with van der Waals surface area (Å²) in [6.45, 7) is 10.5. The first-order chi connectivity index (χ1) is 17.2. The topological polar surface area (TPSA) is 90.9 Å². The number of carbonyl (C=O) groups excluding carboxylic acids is 3. The molecule has 37 heavy (non-hydrogen) atoms. The van der Waals surface area contributed by atoms with Crippen molar-refractivity contribution in [2.45, 2.75) is 52.7 Å². The van der Waals surface area contributed by atoms with Crippen molar-refractivity contribution in [2.24, 2.45) is 0 Å². The molecule has 0 radical (unpaired) electrons. The Kier molecular flexibility index (Phi) is 8.01. The molecule has 8 heteroatoms. The third kappa shape index (κ3) is 8.17. The van der Waals surface area contributed by atoms with Crippen molar-refractivity contribution >= 4 is 23.7 Å². The zero-order valence-corrected chi connectivity index (χ0v) is 21.7. The van der Waals surface area contributed by atoms with Gasteiger partial charge >= 0.3 is 12.1 Å². The summed E-state index contributed by atoms with van der Waals surface area (Å²) in [6, 6.07) is 16.7. The largest absolute Gasteiger partial charge is 0.514 e. The van der Waals surface area contributed by atoms with Gasteiger partial charge in [0.25, 0.3) is 5.91 Å². The molecule has 0 aliphatic carbocycles.